The molecular weight excluding hydrogens is 262 g/mol. The van der Waals surface area contributed by atoms with Crippen LogP contribution in [0.2, 0.25) is 0 Å². The molecule has 0 saturated heterocycles. The van der Waals surface area contributed by atoms with E-state index in [9.17, 15) is 0 Å². The largest absolute Gasteiger partial charge is 0.240 e. The molecule has 0 bridgehead atoms. The minimum atomic E-state index is 0.193. The minimum Gasteiger partial charge on any atom is -0.240 e. The topological polar surface area (TPSA) is 12.9 Å². The van der Waals surface area contributed by atoms with Gasteiger partial charge in [-0.3, -0.25) is 0 Å². The highest BCUT2D eigenvalue weighted by atomic mass is 35.5. The number of rotatable bonds is 2. The van der Waals surface area contributed by atoms with Gasteiger partial charge >= 0.3 is 0 Å². The van der Waals surface area contributed by atoms with Gasteiger partial charge in [0.2, 0.25) is 0 Å². The summed E-state index contributed by atoms with van der Waals surface area (Å²) in [5.41, 5.74) is 3.71. The molecule has 0 saturated carbocycles. The second-order valence-electron chi connectivity index (χ2n) is 5.48. The normalized spacial score (nSPS) is 11.8. The number of halogens is 1. The van der Waals surface area contributed by atoms with Gasteiger partial charge in [-0.2, -0.15) is 0 Å². The summed E-state index contributed by atoms with van der Waals surface area (Å²) < 4.78 is 0. The van der Waals surface area contributed by atoms with Crippen LogP contribution in [0.5, 0.6) is 0 Å². The Morgan fingerprint density at radius 1 is 1.17 bits per heavy atom. The summed E-state index contributed by atoms with van der Waals surface area (Å²) in [4.78, 5) is 5.79. The third-order valence-corrected chi connectivity index (χ3v) is 4.33. The summed E-state index contributed by atoms with van der Waals surface area (Å²) in [5, 5.41) is 1.06. The van der Waals surface area contributed by atoms with Crippen molar-refractivity contribution in [3.8, 4) is 10.6 Å². The molecule has 0 spiro atoms. The Bertz CT molecular complexity index is 535. The number of aryl methyl sites for hydroxylation is 1. The zero-order valence-corrected chi connectivity index (χ0v) is 12.8. The maximum absolute atomic E-state index is 5.86. The van der Waals surface area contributed by atoms with Gasteiger partial charge in [-0.15, -0.1) is 22.9 Å². The van der Waals surface area contributed by atoms with Crippen LogP contribution < -0.4 is 0 Å². The van der Waals surface area contributed by atoms with E-state index < -0.39 is 0 Å². The first-order valence-electron chi connectivity index (χ1n) is 6.05. The Kier molecular flexibility index (Phi) is 3.79. The van der Waals surface area contributed by atoms with Gasteiger partial charge in [-0.25, -0.2) is 4.98 Å². The van der Waals surface area contributed by atoms with Crippen molar-refractivity contribution >= 4 is 22.9 Å². The number of benzene rings is 1. The molecule has 0 unspecified atom stereocenters. The van der Waals surface area contributed by atoms with E-state index >= 15 is 0 Å². The molecular formula is C15H18ClNS. The molecule has 0 N–H and O–H groups in total. The lowest BCUT2D eigenvalue weighted by atomic mass is 9.87. The van der Waals surface area contributed by atoms with Crippen LogP contribution in [-0.4, -0.2) is 4.98 Å². The lowest BCUT2D eigenvalue weighted by Gasteiger charge is -2.18. The highest BCUT2D eigenvalue weighted by molar-refractivity contribution is 7.15. The Morgan fingerprint density at radius 3 is 2.22 bits per heavy atom. The van der Waals surface area contributed by atoms with Crippen LogP contribution >= 0.6 is 22.9 Å². The van der Waals surface area contributed by atoms with Crippen LogP contribution in [0, 0.1) is 6.92 Å². The quantitative estimate of drug-likeness (QED) is 0.693. The summed E-state index contributed by atoms with van der Waals surface area (Å²) >= 11 is 7.57. The fraction of sp³-hybridized carbons (Fsp3) is 0.400. The predicted molar refractivity (Wildman–Crippen MR) is 80.5 cm³/mol. The van der Waals surface area contributed by atoms with Gasteiger partial charge in [0.1, 0.15) is 5.01 Å². The molecule has 0 amide bonds. The van der Waals surface area contributed by atoms with Crippen molar-refractivity contribution in [2.45, 2.75) is 39.0 Å². The molecule has 1 aromatic carbocycles. The third-order valence-electron chi connectivity index (χ3n) is 3.02. The molecule has 1 aromatic heterocycles. The van der Waals surface area contributed by atoms with Gasteiger partial charge in [0.25, 0.3) is 0 Å². The molecule has 96 valence electrons. The zero-order valence-electron chi connectivity index (χ0n) is 11.2. The van der Waals surface area contributed by atoms with Crippen molar-refractivity contribution in [1.29, 1.82) is 0 Å². The van der Waals surface area contributed by atoms with Crippen molar-refractivity contribution < 1.29 is 0 Å². The maximum atomic E-state index is 5.86. The molecule has 1 nitrogen and oxygen atoms in total. The summed E-state index contributed by atoms with van der Waals surface area (Å²) in [6, 6.07) is 8.67. The number of nitrogens with zero attached hydrogens (tertiary/aromatic N) is 1. The second kappa shape index (κ2) is 5.02. The van der Waals surface area contributed by atoms with E-state index in [2.05, 4.69) is 56.9 Å². The van der Waals surface area contributed by atoms with Crippen molar-refractivity contribution in [2.75, 3.05) is 0 Å². The van der Waals surface area contributed by atoms with Crippen molar-refractivity contribution in [1.82, 2.24) is 4.98 Å². The Hall–Kier alpha value is -0.860. The van der Waals surface area contributed by atoms with Crippen LogP contribution in [0.4, 0.5) is 0 Å². The van der Waals surface area contributed by atoms with Crippen molar-refractivity contribution in [2.24, 2.45) is 0 Å². The highest BCUT2D eigenvalue weighted by Crippen LogP contribution is 2.30. The van der Waals surface area contributed by atoms with Gasteiger partial charge in [-0.1, -0.05) is 45.0 Å². The van der Waals surface area contributed by atoms with Gasteiger partial charge in [0.05, 0.1) is 11.6 Å². The van der Waals surface area contributed by atoms with Gasteiger partial charge in [0, 0.05) is 10.4 Å². The smallest absolute Gasteiger partial charge is 0.123 e. The molecule has 2 rings (SSSR count). The number of hydrogen-bond donors (Lipinski definition) is 0. The summed E-state index contributed by atoms with van der Waals surface area (Å²) in [7, 11) is 0. The van der Waals surface area contributed by atoms with Crippen LogP contribution in [0.25, 0.3) is 10.6 Å². The van der Waals surface area contributed by atoms with Gasteiger partial charge in [-0.05, 0) is 17.9 Å². The summed E-state index contributed by atoms with van der Waals surface area (Å²) in [6.07, 6.45) is 0. The first-order chi connectivity index (χ1) is 8.41. The Labute approximate surface area is 118 Å². The lowest BCUT2D eigenvalue weighted by Crippen LogP contribution is -2.10. The van der Waals surface area contributed by atoms with Crippen molar-refractivity contribution in [3.05, 3.63) is 40.4 Å². The van der Waals surface area contributed by atoms with E-state index in [1.54, 1.807) is 11.3 Å². The van der Waals surface area contributed by atoms with E-state index in [0.717, 1.165) is 10.7 Å². The highest BCUT2D eigenvalue weighted by Gasteiger charge is 2.14. The molecule has 0 fully saturated rings. The molecule has 0 aliphatic heterocycles. The number of thiazole rings is 1. The molecule has 2 aromatic rings. The first kappa shape index (κ1) is 13.6. The lowest BCUT2D eigenvalue weighted by molar-refractivity contribution is 0.590. The summed E-state index contributed by atoms with van der Waals surface area (Å²) in [6.45, 7) is 8.74. The summed E-state index contributed by atoms with van der Waals surface area (Å²) in [5.74, 6) is 0.489. The van der Waals surface area contributed by atoms with Gasteiger partial charge < -0.3 is 0 Å². The van der Waals surface area contributed by atoms with Crippen LogP contribution in [0.1, 0.15) is 36.9 Å². The van der Waals surface area contributed by atoms with Crippen molar-refractivity contribution in [3.63, 3.8) is 0 Å². The molecule has 0 aliphatic rings. The zero-order chi connectivity index (χ0) is 13.3. The van der Waals surface area contributed by atoms with Gasteiger partial charge in [0.15, 0.2) is 0 Å². The molecule has 0 radical (unpaired) electrons. The first-order valence-corrected chi connectivity index (χ1v) is 7.40. The number of hydrogen-bond acceptors (Lipinski definition) is 2. The SMILES string of the molecule is Cc1sc(-c2ccc(C(C)(C)C)cc2)nc1CCl. The number of alkyl halides is 1. The van der Waals surface area contributed by atoms with E-state index in [1.807, 2.05) is 0 Å². The molecule has 0 aliphatic carbocycles. The van der Waals surface area contributed by atoms with E-state index in [0.29, 0.717) is 5.88 Å². The van der Waals surface area contributed by atoms with E-state index in [4.69, 9.17) is 11.6 Å². The third kappa shape index (κ3) is 2.76. The number of aromatic nitrogens is 1. The Balaban J connectivity index is 2.34. The predicted octanol–water partition coefficient (Wildman–Crippen LogP) is 5.15. The Morgan fingerprint density at radius 2 is 1.78 bits per heavy atom. The van der Waals surface area contributed by atoms with Crippen LogP contribution in [-0.2, 0) is 11.3 Å². The second-order valence-corrected chi connectivity index (χ2v) is 6.95. The van der Waals surface area contributed by atoms with E-state index in [1.165, 1.54) is 16.0 Å². The average Bonchev–Trinajstić information content (AvgIpc) is 2.69. The fourth-order valence-electron chi connectivity index (χ4n) is 1.79. The molecule has 18 heavy (non-hydrogen) atoms. The maximum Gasteiger partial charge on any atom is 0.123 e. The molecule has 1 heterocycles. The van der Waals surface area contributed by atoms with E-state index in [-0.39, 0.29) is 5.41 Å². The molecule has 0 atom stereocenters. The monoisotopic (exact) mass is 279 g/mol. The van der Waals surface area contributed by atoms with Crippen LogP contribution in [0.15, 0.2) is 24.3 Å². The fourth-order valence-corrected chi connectivity index (χ4v) is 3.06. The molecule has 3 heteroatoms. The average molecular weight is 280 g/mol. The van der Waals surface area contributed by atoms with Crippen LogP contribution in [0.3, 0.4) is 0 Å². The minimum absolute atomic E-state index is 0.193. The standard InChI is InChI=1S/C15H18ClNS/c1-10-13(9-16)17-14(18-10)11-5-7-12(8-6-11)15(2,3)4/h5-8H,9H2,1-4H3.